The quantitative estimate of drug-likeness (QED) is 0.761. The number of benzene rings is 2. The number of ether oxygens (including phenoxy) is 4. The van der Waals surface area contributed by atoms with Crippen LogP contribution in [0.2, 0.25) is 0 Å². The number of methoxy groups -OCH3 is 1. The second-order valence-electron chi connectivity index (χ2n) is 6.80. The molecule has 0 aromatic heterocycles. The third kappa shape index (κ3) is 4.29. The van der Waals surface area contributed by atoms with Gasteiger partial charge in [-0.15, -0.1) is 0 Å². The minimum Gasteiger partial charge on any atom is -0.497 e. The molecule has 2 aliphatic rings. The number of fused-ring (bicyclic) bond motifs is 1. The Kier molecular flexibility index (Phi) is 5.69. The number of carbonyl (C=O) groups is 1. The number of hydrogen-bond donors (Lipinski definition) is 1. The summed E-state index contributed by atoms with van der Waals surface area (Å²) in [5.41, 5.74) is 0.405. The lowest BCUT2D eigenvalue weighted by Crippen LogP contribution is -2.50. The van der Waals surface area contributed by atoms with Crippen molar-refractivity contribution in [3.05, 3.63) is 42.5 Å². The second kappa shape index (κ2) is 8.41. The van der Waals surface area contributed by atoms with Crippen LogP contribution >= 0.6 is 0 Å². The Morgan fingerprint density at radius 3 is 2.53 bits per heavy atom. The molecule has 1 saturated heterocycles. The Morgan fingerprint density at radius 1 is 1.10 bits per heavy atom. The molecule has 9 nitrogen and oxygen atoms in total. The maximum atomic E-state index is 12.7. The van der Waals surface area contributed by atoms with E-state index in [1.807, 2.05) is 0 Å². The third-order valence-electron chi connectivity index (χ3n) is 4.83. The minimum atomic E-state index is -3.83. The van der Waals surface area contributed by atoms with Gasteiger partial charge in [-0.2, -0.15) is 0 Å². The summed E-state index contributed by atoms with van der Waals surface area (Å²) < 4.78 is 49.7. The Hall–Kier alpha value is -2.98. The van der Waals surface area contributed by atoms with Gasteiger partial charge in [0.05, 0.1) is 25.2 Å². The minimum absolute atomic E-state index is 0.0125. The summed E-state index contributed by atoms with van der Waals surface area (Å²) in [5, 5.41) is 0. The molecule has 0 bridgehead atoms. The van der Waals surface area contributed by atoms with Crippen molar-refractivity contribution in [1.82, 2.24) is 4.90 Å². The van der Waals surface area contributed by atoms with Crippen LogP contribution in [0.4, 0.5) is 5.69 Å². The smallest absolute Gasteiger partial charge is 0.267 e. The van der Waals surface area contributed by atoms with E-state index in [4.69, 9.17) is 18.9 Å². The van der Waals surface area contributed by atoms with Gasteiger partial charge in [0.1, 0.15) is 12.4 Å². The number of rotatable bonds is 5. The van der Waals surface area contributed by atoms with Gasteiger partial charge in [0, 0.05) is 24.8 Å². The van der Waals surface area contributed by atoms with E-state index in [1.54, 1.807) is 29.2 Å². The fourth-order valence-electron chi connectivity index (χ4n) is 3.20. The fourth-order valence-corrected chi connectivity index (χ4v) is 4.27. The highest BCUT2D eigenvalue weighted by Crippen LogP contribution is 2.34. The van der Waals surface area contributed by atoms with Gasteiger partial charge in [0.15, 0.2) is 11.5 Å². The van der Waals surface area contributed by atoms with E-state index in [1.165, 1.54) is 25.3 Å². The highest BCUT2D eigenvalue weighted by atomic mass is 32.2. The molecule has 160 valence electrons. The van der Waals surface area contributed by atoms with Crippen LogP contribution in [0.1, 0.15) is 0 Å². The van der Waals surface area contributed by atoms with Gasteiger partial charge in [0.25, 0.3) is 15.9 Å². The first kappa shape index (κ1) is 20.3. The Morgan fingerprint density at radius 2 is 1.83 bits per heavy atom. The van der Waals surface area contributed by atoms with Crippen LogP contribution in [0.25, 0.3) is 0 Å². The normalized spacial score (nSPS) is 18.6. The van der Waals surface area contributed by atoms with Crippen molar-refractivity contribution in [2.75, 3.05) is 44.7 Å². The summed E-state index contributed by atoms with van der Waals surface area (Å²) in [6.07, 6.45) is -0.768. The van der Waals surface area contributed by atoms with Crippen LogP contribution in [0.3, 0.4) is 0 Å². The molecule has 1 N–H and O–H groups in total. The van der Waals surface area contributed by atoms with Gasteiger partial charge < -0.3 is 23.8 Å². The SMILES string of the molecule is COc1ccc(NS(=O)(=O)c2ccc3c(c2)OCC(C(=O)N2CCOCC2)O3)cc1. The summed E-state index contributed by atoms with van der Waals surface area (Å²) in [7, 11) is -2.29. The van der Waals surface area contributed by atoms with Crippen LogP contribution < -0.4 is 18.9 Å². The molecular weight excluding hydrogens is 412 g/mol. The highest BCUT2D eigenvalue weighted by Gasteiger charge is 2.32. The molecule has 0 saturated carbocycles. The van der Waals surface area contributed by atoms with E-state index in [-0.39, 0.29) is 23.2 Å². The van der Waals surface area contributed by atoms with Crippen LogP contribution in [0.15, 0.2) is 47.4 Å². The zero-order valence-corrected chi connectivity index (χ0v) is 17.2. The van der Waals surface area contributed by atoms with Crippen molar-refractivity contribution < 1.29 is 32.2 Å². The van der Waals surface area contributed by atoms with Crippen molar-refractivity contribution in [3.8, 4) is 17.2 Å². The lowest BCUT2D eigenvalue weighted by molar-refractivity contribution is -0.145. The summed E-state index contributed by atoms with van der Waals surface area (Å²) in [6.45, 7) is 2.04. The van der Waals surface area contributed by atoms with Crippen molar-refractivity contribution in [3.63, 3.8) is 0 Å². The van der Waals surface area contributed by atoms with Gasteiger partial charge in [-0.1, -0.05) is 0 Å². The van der Waals surface area contributed by atoms with Crippen molar-refractivity contribution in [2.45, 2.75) is 11.0 Å². The van der Waals surface area contributed by atoms with E-state index in [9.17, 15) is 13.2 Å². The number of anilines is 1. The van der Waals surface area contributed by atoms with E-state index in [2.05, 4.69) is 4.72 Å². The molecule has 10 heteroatoms. The van der Waals surface area contributed by atoms with Crippen LogP contribution in [0.5, 0.6) is 17.2 Å². The van der Waals surface area contributed by atoms with Crippen LogP contribution in [-0.4, -0.2) is 65.3 Å². The molecule has 2 aromatic rings. The van der Waals surface area contributed by atoms with E-state index in [0.29, 0.717) is 43.5 Å². The van der Waals surface area contributed by atoms with Crippen LogP contribution in [-0.2, 0) is 19.6 Å². The number of morpholine rings is 1. The highest BCUT2D eigenvalue weighted by molar-refractivity contribution is 7.92. The molecule has 4 rings (SSSR count). The molecular formula is C20H22N2O7S. The van der Waals surface area contributed by atoms with E-state index >= 15 is 0 Å². The predicted molar refractivity (Wildman–Crippen MR) is 108 cm³/mol. The number of carbonyl (C=O) groups excluding carboxylic acids is 1. The third-order valence-corrected chi connectivity index (χ3v) is 6.20. The maximum Gasteiger partial charge on any atom is 0.267 e. The van der Waals surface area contributed by atoms with Gasteiger partial charge in [-0.3, -0.25) is 9.52 Å². The Bertz CT molecular complexity index is 1020. The number of amides is 1. The van der Waals surface area contributed by atoms with Crippen LogP contribution in [0, 0.1) is 0 Å². The molecule has 1 amide bonds. The zero-order chi connectivity index (χ0) is 21.1. The Labute approximate surface area is 174 Å². The summed E-state index contributed by atoms with van der Waals surface area (Å²) >= 11 is 0. The molecule has 1 fully saturated rings. The standard InChI is InChI=1S/C20H22N2O7S/c1-26-15-4-2-14(3-5-15)21-30(24,25)16-6-7-17-18(12-16)28-13-19(29-17)20(23)22-8-10-27-11-9-22/h2-7,12,19,21H,8-11,13H2,1H3. The average Bonchev–Trinajstić information content (AvgIpc) is 2.78. The summed E-state index contributed by atoms with van der Waals surface area (Å²) in [4.78, 5) is 14.3. The van der Waals surface area contributed by atoms with Crippen molar-refractivity contribution in [1.29, 1.82) is 0 Å². The molecule has 0 radical (unpaired) electrons. The van der Waals surface area contributed by atoms with E-state index in [0.717, 1.165) is 0 Å². The molecule has 2 aliphatic heterocycles. The summed E-state index contributed by atoms with van der Waals surface area (Å²) in [6, 6.07) is 10.8. The number of nitrogens with zero attached hydrogens (tertiary/aromatic N) is 1. The number of hydrogen-bond acceptors (Lipinski definition) is 7. The molecule has 0 spiro atoms. The molecule has 1 atom stereocenters. The lowest BCUT2D eigenvalue weighted by Gasteiger charge is -2.32. The molecule has 0 aliphatic carbocycles. The zero-order valence-electron chi connectivity index (χ0n) is 16.4. The summed E-state index contributed by atoms with van der Waals surface area (Å²) in [5.74, 6) is 1.06. The largest absolute Gasteiger partial charge is 0.497 e. The maximum absolute atomic E-state index is 12.7. The first-order valence-corrected chi connectivity index (χ1v) is 10.9. The van der Waals surface area contributed by atoms with Gasteiger partial charge in [-0.05, 0) is 36.4 Å². The first-order valence-electron chi connectivity index (χ1n) is 9.43. The molecule has 2 aromatic carbocycles. The van der Waals surface area contributed by atoms with Crippen molar-refractivity contribution >= 4 is 21.6 Å². The van der Waals surface area contributed by atoms with Gasteiger partial charge >= 0.3 is 0 Å². The number of nitrogens with one attached hydrogen (secondary N) is 1. The van der Waals surface area contributed by atoms with Gasteiger partial charge in [-0.25, -0.2) is 8.42 Å². The number of sulfonamides is 1. The van der Waals surface area contributed by atoms with Gasteiger partial charge in [0.2, 0.25) is 6.10 Å². The molecule has 2 heterocycles. The first-order chi connectivity index (χ1) is 14.5. The molecule has 1 unspecified atom stereocenters. The average molecular weight is 434 g/mol. The second-order valence-corrected chi connectivity index (χ2v) is 8.48. The monoisotopic (exact) mass is 434 g/mol. The molecule has 30 heavy (non-hydrogen) atoms. The van der Waals surface area contributed by atoms with Crippen molar-refractivity contribution in [2.24, 2.45) is 0 Å². The lowest BCUT2D eigenvalue weighted by atomic mass is 10.2. The predicted octanol–water partition coefficient (Wildman–Crippen LogP) is 1.49. The fraction of sp³-hybridized carbons (Fsp3) is 0.350. The Balaban J connectivity index is 1.47. The van der Waals surface area contributed by atoms with E-state index < -0.39 is 16.1 Å². The topological polar surface area (TPSA) is 103 Å².